The minimum Gasteiger partial charge on any atom is -0.457 e. The second kappa shape index (κ2) is 12.9. The first kappa shape index (κ1) is 29.7. The van der Waals surface area contributed by atoms with Crippen LogP contribution in [0.25, 0.3) is 76.6 Å². The Balaban J connectivity index is 0.920. The van der Waals surface area contributed by atoms with Crippen LogP contribution in [0.3, 0.4) is 0 Å². The van der Waals surface area contributed by atoms with Crippen LogP contribution in [0.1, 0.15) is 0 Å². The largest absolute Gasteiger partial charge is 0.457 e. The summed E-state index contributed by atoms with van der Waals surface area (Å²) in [5.41, 5.74) is 7.50. The fourth-order valence-electron chi connectivity index (χ4n) is 6.22. The third-order valence-corrected chi connectivity index (χ3v) is 9.98. The van der Waals surface area contributed by atoms with Gasteiger partial charge in [-0.2, -0.15) is 0 Å². The monoisotopic (exact) mass is 659 g/mol. The van der Waals surface area contributed by atoms with E-state index in [-0.39, 0.29) is 0 Å². The first-order chi connectivity index (χ1) is 24.7. The molecule has 0 amide bonds. The van der Waals surface area contributed by atoms with Crippen LogP contribution in [0, 0.1) is 0 Å². The molecule has 0 atom stereocenters. The molecular weight excluding hydrogens is 631 g/mol. The molecule has 0 bridgehead atoms. The molecule has 0 saturated heterocycles. The lowest BCUT2D eigenvalue weighted by atomic mass is 9.99. The zero-order valence-electron chi connectivity index (χ0n) is 26.9. The first-order valence-corrected chi connectivity index (χ1v) is 17.3. The normalized spacial score (nSPS) is 11.2. The summed E-state index contributed by atoms with van der Waals surface area (Å²) >= 11 is 1.85. The van der Waals surface area contributed by atoms with Crippen molar-refractivity contribution in [3.05, 3.63) is 176 Å². The lowest BCUT2D eigenvalue weighted by Crippen LogP contribution is -2.00. The number of aromatic nitrogens is 3. The standard InChI is InChI=1S/C45H29N3OS/c1-3-9-33(10-4-1)43-46-44(34-11-5-2-6-12-34)48-45(47-43)35-21-26-38(27-22-35)49-37-24-19-31(20-25-37)30-15-17-32(18-16-30)36-23-28-42-40(29-36)39-13-7-8-14-41(39)50-42/h1-29H. The Morgan fingerprint density at radius 3 is 1.28 bits per heavy atom. The van der Waals surface area contributed by atoms with Gasteiger partial charge in [-0.25, -0.2) is 15.0 Å². The van der Waals surface area contributed by atoms with Crippen molar-refractivity contribution in [2.75, 3.05) is 0 Å². The van der Waals surface area contributed by atoms with E-state index in [0.717, 1.165) is 39.3 Å². The molecule has 9 rings (SSSR count). The molecule has 4 nitrogen and oxygen atoms in total. The van der Waals surface area contributed by atoms with Crippen molar-refractivity contribution in [2.45, 2.75) is 0 Å². The van der Waals surface area contributed by atoms with Crippen molar-refractivity contribution in [1.82, 2.24) is 15.0 Å². The van der Waals surface area contributed by atoms with E-state index < -0.39 is 0 Å². The number of ether oxygens (including phenoxy) is 1. The van der Waals surface area contributed by atoms with E-state index in [2.05, 4.69) is 78.9 Å². The van der Waals surface area contributed by atoms with Crippen molar-refractivity contribution in [3.63, 3.8) is 0 Å². The Labute approximate surface area is 294 Å². The third-order valence-electron chi connectivity index (χ3n) is 8.83. The van der Waals surface area contributed by atoms with Gasteiger partial charge in [-0.15, -0.1) is 11.3 Å². The second-order valence-corrected chi connectivity index (χ2v) is 13.2. The summed E-state index contributed by atoms with van der Waals surface area (Å²) in [5, 5.41) is 2.64. The SMILES string of the molecule is c1ccc(-c2nc(-c3ccccc3)nc(-c3ccc(Oc4ccc(-c5ccc(-c6ccc7sc8ccccc8c7c6)cc5)cc4)cc3)n2)cc1. The smallest absolute Gasteiger partial charge is 0.164 e. The van der Waals surface area contributed by atoms with Gasteiger partial charge in [0.05, 0.1) is 0 Å². The van der Waals surface area contributed by atoms with Gasteiger partial charge in [0.1, 0.15) is 11.5 Å². The number of fused-ring (bicyclic) bond motifs is 3. The van der Waals surface area contributed by atoms with Crippen LogP contribution in [0.5, 0.6) is 11.5 Å². The van der Waals surface area contributed by atoms with Crippen LogP contribution in [0.4, 0.5) is 0 Å². The molecule has 2 heterocycles. The van der Waals surface area contributed by atoms with Gasteiger partial charge in [-0.1, -0.05) is 121 Å². The van der Waals surface area contributed by atoms with Crippen molar-refractivity contribution in [2.24, 2.45) is 0 Å². The lowest BCUT2D eigenvalue weighted by Gasteiger charge is -2.10. The second-order valence-electron chi connectivity index (χ2n) is 12.1. The van der Waals surface area contributed by atoms with Crippen molar-refractivity contribution in [1.29, 1.82) is 0 Å². The predicted molar refractivity (Wildman–Crippen MR) is 206 cm³/mol. The van der Waals surface area contributed by atoms with Crippen LogP contribution in [-0.2, 0) is 0 Å². The number of thiophene rings is 1. The lowest BCUT2D eigenvalue weighted by molar-refractivity contribution is 0.483. The van der Waals surface area contributed by atoms with E-state index in [0.29, 0.717) is 17.5 Å². The first-order valence-electron chi connectivity index (χ1n) is 16.5. The summed E-state index contributed by atoms with van der Waals surface area (Å²) in [6.45, 7) is 0. The predicted octanol–water partition coefficient (Wildman–Crippen LogP) is 12.4. The van der Waals surface area contributed by atoms with Crippen LogP contribution < -0.4 is 4.74 Å². The average Bonchev–Trinajstić information content (AvgIpc) is 3.57. The Bertz CT molecular complexity index is 2520. The minimum absolute atomic E-state index is 0.611. The number of rotatable bonds is 7. The van der Waals surface area contributed by atoms with Crippen molar-refractivity contribution < 1.29 is 4.74 Å². The number of hydrogen-bond acceptors (Lipinski definition) is 5. The highest BCUT2D eigenvalue weighted by Crippen LogP contribution is 2.37. The summed E-state index contributed by atoms with van der Waals surface area (Å²) in [7, 11) is 0. The van der Waals surface area contributed by atoms with Gasteiger partial charge < -0.3 is 4.74 Å². The molecule has 2 aromatic heterocycles. The summed E-state index contributed by atoms with van der Waals surface area (Å²) in [6, 6.07) is 60.3. The number of nitrogens with zero attached hydrogens (tertiary/aromatic N) is 3. The summed E-state index contributed by atoms with van der Waals surface area (Å²) in [4.78, 5) is 14.5. The fourth-order valence-corrected chi connectivity index (χ4v) is 7.31. The molecule has 50 heavy (non-hydrogen) atoms. The van der Waals surface area contributed by atoms with Gasteiger partial charge in [-0.3, -0.25) is 0 Å². The molecule has 0 saturated carbocycles. The topological polar surface area (TPSA) is 47.9 Å². The van der Waals surface area contributed by atoms with E-state index in [1.807, 2.05) is 108 Å². The highest BCUT2D eigenvalue weighted by molar-refractivity contribution is 7.25. The van der Waals surface area contributed by atoms with Crippen LogP contribution in [0.15, 0.2) is 176 Å². The quantitative estimate of drug-likeness (QED) is 0.171. The molecular formula is C45H29N3OS. The van der Waals surface area contributed by atoms with E-state index in [9.17, 15) is 0 Å². The highest BCUT2D eigenvalue weighted by atomic mass is 32.1. The van der Waals surface area contributed by atoms with Crippen molar-refractivity contribution >= 4 is 31.5 Å². The van der Waals surface area contributed by atoms with E-state index in [1.54, 1.807) is 0 Å². The summed E-state index contributed by atoms with van der Waals surface area (Å²) < 4.78 is 8.88. The van der Waals surface area contributed by atoms with Gasteiger partial charge in [0.2, 0.25) is 0 Å². The highest BCUT2D eigenvalue weighted by Gasteiger charge is 2.13. The molecule has 0 radical (unpaired) electrons. The van der Waals surface area contributed by atoms with E-state index in [4.69, 9.17) is 19.7 Å². The van der Waals surface area contributed by atoms with Crippen LogP contribution in [-0.4, -0.2) is 15.0 Å². The molecule has 236 valence electrons. The molecule has 0 aliphatic heterocycles. The molecule has 7 aromatic carbocycles. The molecule has 5 heteroatoms. The summed E-state index contributed by atoms with van der Waals surface area (Å²) in [6.07, 6.45) is 0. The maximum Gasteiger partial charge on any atom is 0.164 e. The number of benzene rings is 7. The fraction of sp³-hybridized carbons (Fsp3) is 0. The summed E-state index contributed by atoms with van der Waals surface area (Å²) in [5.74, 6) is 3.39. The van der Waals surface area contributed by atoms with Crippen LogP contribution in [0.2, 0.25) is 0 Å². The zero-order chi connectivity index (χ0) is 33.3. The van der Waals surface area contributed by atoms with E-state index >= 15 is 0 Å². The van der Waals surface area contributed by atoms with Crippen molar-refractivity contribution in [3.8, 4) is 67.9 Å². The van der Waals surface area contributed by atoms with Gasteiger partial charge >= 0.3 is 0 Å². The maximum atomic E-state index is 6.23. The maximum absolute atomic E-state index is 6.23. The number of hydrogen-bond donors (Lipinski definition) is 0. The Morgan fingerprint density at radius 1 is 0.320 bits per heavy atom. The molecule has 0 fully saturated rings. The molecule has 0 N–H and O–H groups in total. The molecule has 0 unspecified atom stereocenters. The minimum atomic E-state index is 0.611. The van der Waals surface area contributed by atoms with E-state index in [1.165, 1.54) is 31.3 Å². The molecule has 9 aromatic rings. The van der Waals surface area contributed by atoms with Crippen LogP contribution >= 0.6 is 11.3 Å². The average molecular weight is 660 g/mol. The Morgan fingerprint density at radius 2 is 0.720 bits per heavy atom. The molecule has 0 spiro atoms. The Hall–Kier alpha value is -6.43. The molecule has 0 aliphatic rings. The van der Waals surface area contributed by atoms with Gasteiger partial charge in [0.15, 0.2) is 17.5 Å². The van der Waals surface area contributed by atoms with Gasteiger partial charge in [0, 0.05) is 36.9 Å². The zero-order valence-corrected chi connectivity index (χ0v) is 27.7. The Kier molecular flexibility index (Phi) is 7.65. The molecule has 0 aliphatic carbocycles. The van der Waals surface area contributed by atoms with Gasteiger partial charge in [0.25, 0.3) is 0 Å². The third kappa shape index (κ3) is 5.91. The van der Waals surface area contributed by atoms with Gasteiger partial charge in [-0.05, 0) is 76.9 Å².